The van der Waals surface area contributed by atoms with Crippen LogP contribution in [0.1, 0.15) is 31.0 Å². The fourth-order valence-corrected chi connectivity index (χ4v) is 3.25. The molecule has 0 aliphatic heterocycles. The molecule has 1 aromatic carbocycles. The number of rotatable bonds is 4. The highest BCUT2D eigenvalue weighted by Crippen LogP contribution is 2.30. The van der Waals surface area contributed by atoms with Crippen molar-refractivity contribution in [1.82, 2.24) is 9.97 Å². The zero-order valence-electron chi connectivity index (χ0n) is 11.1. The van der Waals surface area contributed by atoms with E-state index in [0.717, 1.165) is 11.3 Å². The second-order valence-corrected chi connectivity index (χ2v) is 6.40. The molecule has 0 aliphatic carbocycles. The van der Waals surface area contributed by atoms with Gasteiger partial charge in [0.1, 0.15) is 0 Å². The topological polar surface area (TPSA) is 45.8 Å². The second-order valence-electron chi connectivity index (χ2n) is 4.62. The predicted octanol–water partition coefficient (Wildman–Crippen LogP) is 4.49. The molecule has 0 fully saturated rings. The maximum absolute atomic E-state index is 11.6. The van der Waals surface area contributed by atoms with Crippen molar-refractivity contribution in [2.75, 3.05) is 0 Å². The van der Waals surface area contributed by atoms with Gasteiger partial charge in [0, 0.05) is 21.9 Å². The van der Waals surface area contributed by atoms with Crippen LogP contribution in [0.25, 0.3) is 0 Å². The Morgan fingerprint density at radius 3 is 2.55 bits per heavy atom. The van der Waals surface area contributed by atoms with Crippen LogP contribution in [0, 0.1) is 0 Å². The third-order valence-electron chi connectivity index (χ3n) is 2.75. The molecule has 1 heterocycles. The molecule has 0 aliphatic rings. The lowest BCUT2D eigenvalue weighted by Crippen LogP contribution is -2.10. The first-order valence-electron chi connectivity index (χ1n) is 6.14. The van der Waals surface area contributed by atoms with Gasteiger partial charge in [-0.15, -0.1) is 0 Å². The van der Waals surface area contributed by atoms with Crippen molar-refractivity contribution < 1.29 is 0 Å². The van der Waals surface area contributed by atoms with Crippen molar-refractivity contribution in [1.29, 1.82) is 0 Å². The normalized spacial score (nSPS) is 11.1. The van der Waals surface area contributed by atoms with Gasteiger partial charge in [-0.1, -0.05) is 54.9 Å². The smallest absolute Gasteiger partial charge is 0.251 e. The molecule has 2 aromatic rings. The van der Waals surface area contributed by atoms with E-state index in [4.69, 9.17) is 23.2 Å². The fraction of sp³-hybridized carbons (Fsp3) is 0.286. The SMILES string of the molecule is CC(C)c1cc(=O)[nH]c(SCc2c(Cl)cccc2Cl)n1. The number of aromatic nitrogens is 2. The molecule has 1 aromatic heterocycles. The van der Waals surface area contributed by atoms with Gasteiger partial charge in [0.05, 0.1) is 5.69 Å². The number of hydrogen-bond acceptors (Lipinski definition) is 3. The molecule has 0 saturated heterocycles. The lowest BCUT2D eigenvalue weighted by molar-refractivity contribution is 0.769. The van der Waals surface area contributed by atoms with Crippen molar-refractivity contribution in [3.8, 4) is 0 Å². The summed E-state index contributed by atoms with van der Waals surface area (Å²) in [7, 11) is 0. The average molecular weight is 329 g/mol. The summed E-state index contributed by atoms with van der Waals surface area (Å²) in [4.78, 5) is 18.8. The first-order valence-corrected chi connectivity index (χ1v) is 7.88. The molecule has 106 valence electrons. The van der Waals surface area contributed by atoms with Crippen LogP contribution in [0.2, 0.25) is 10.0 Å². The molecule has 20 heavy (non-hydrogen) atoms. The molecule has 6 heteroatoms. The third kappa shape index (κ3) is 3.78. The monoisotopic (exact) mass is 328 g/mol. The van der Waals surface area contributed by atoms with Crippen LogP contribution in [0.15, 0.2) is 34.2 Å². The summed E-state index contributed by atoms with van der Waals surface area (Å²) in [6.07, 6.45) is 0. The van der Waals surface area contributed by atoms with Crippen LogP contribution < -0.4 is 5.56 Å². The van der Waals surface area contributed by atoms with Crippen molar-refractivity contribution in [2.45, 2.75) is 30.7 Å². The van der Waals surface area contributed by atoms with E-state index in [-0.39, 0.29) is 11.5 Å². The maximum Gasteiger partial charge on any atom is 0.251 e. The molecule has 1 N–H and O–H groups in total. The first kappa shape index (κ1) is 15.4. The van der Waals surface area contributed by atoms with Crippen LogP contribution in [-0.2, 0) is 5.75 Å². The lowest BCUT2D eigenvalue weighted by Gasteiger charge is -2.08. The van der Waals surface area contributed by atoms with Gasteiger partial charge < -0.3 is 4.98 Å². The molecule has 0 amide bonds. The molecular weight excluding hydrogens is 315 g/mol. The maximum atomic E-state index is 11.6. The highest BCUT2D eigenvalue weighted by atomic mass is 35.5. The van der Waals surface area contributed by atoms with E-state index < -0.39 is 0 Å². The van der Waals surface area contributed by atoms with E-state index in [0.29, 0.717) is 21.0 Å². The van der Waals surface area contributed by atoms with Crippen LogP contribution >= 0.6 is 35.0 Å². The van der Waals surface area contributed by atoms with Gasteiger partial charge in [0.25, 0.3) is 5.56 Å². The number of nitrogens with zero attached hydrogens (tertiary/aromatic N) is 1. The molecule has 0 radical (unpaired) electrons. The van der Waals surface area contributed by atoms with Gasteiger partial charge in [0.2, 0.25) is 0 Å². The van der Waals surface area contributed by atoms with Crippen molar-refractivity contribution in [3.05, 3.63) is 55.9 Å². The highest BCUT2D eigenvalue weighted by molar-refractivity contribution is 7.98. The van der Waals surface area contributed by atoms with Crippen molar-refractivity contribution >= 4 is 35.0 Å². The minimum atomic E-state index is -0.142. The zero-order valence-corrected chi connectivity index (χ0v) is 13.4. The molecule has 0 bridgehead atoms. The summed E-state index contributed by atoms with van der Waals surface area (Å²) >= 11 is 13.6. The summed E-state index contributed by atoms with van der Waals surface area (Å²) < 4.78 is 0. The van der Waals surface area contributed by atoms with E-state index in [2.05, 4.69) is 9.97 Å². The first-order chi connectivity index (χ1) is 9.47. The molecule has 0 spiro atoms. The van der Waals surface area contributed by atoms with E-state index in [1.165, 1.54) is 17.8 Å². The molecule has 0 atom stereocenters. The molecular formula is C14H14Cl2N2OS. The number of thioether (sulfide) groups is 1. The minimum absolute atomic E-state index is 0.142. The summed E-state index contributed by atoms with van der Waals surface area (Å²) in [5, 5.41) is 1.82. The molecule has 2 rings (SSSR count). The summed E-state index contributed by atoms with van der Waals surface area (Å²) in [6, 6.07) is 6.92. The average Bonchev–Trinajstić information content (AvgIpc) is 2.37. The second kappa shape index (κ2) is 6.66. The Bertz CT molecular complexity index is 650. The Hall–Kier alpha value is -0.970. The van der Waals surface area contributed by atoms with E-state index in [9.17, 15) is 4.79 Å². The van der Waals surface area contributed by atoms with E-state index >= 15 is 0 Å². The van der Waals surface area contributed by atoms with Gasteiger partial charge in [-0.2, -0.15) is 0 Å². The highest BCUT2D eigenvalue weighted by Gasteiger charge is 2.09. The van der Waals surface area contributed by atoms with Gasteiger partial charge in [-0.05, 0) is 23.6 Å². The number of halogens is 2. The largest absolute Gasteiger partial charge is 0.301 e. The van der Waals surface area contributed by atoms with Crippen LogP contribution in [0.3, 0.4) is 0 Å². The molecule has 0 unspecified atom stereocenters. The minimum Gasteiger partial charge on any atom is -0.301 e. The Balaban J connectivity index is 2.21. The van der Waals surface area contributed by atoms with Gasteiger partial charge in [-0.25, -0.2) is 4.98 Å². The number of H-pyrrole nitrogens is 1. The summed E-state index contributed by atoms with van der Waals surface area (Å²) in [6.45, 7) is 4.00. The number of hydrogen-bond donors (Lipinski definition) is 1. The van der Waals surface area contributed by atoms with Gasteiger partial charge in [-0.3, -0.25) is 4.79 Å². The van der Waals surface area contributed by atoms with Crippen LogP contribution in [-0.4, -0.2) is 9.97 Å². The van der Waals surface area contributed by atoms with Gasteiger partial charge in [0.15, 0.2) is 5.16 Å². The third-order valence-corrected chi connectivity index (χ3v) is 4.35. The lowest BCUT2D eigenvalue weighted by atomic mass is 10.1. The van der Waals surface area contributed by atoms with Crippen LogP contribution in [0.5, 0.6) is 0 Å². The van der Waals surface area contributed by atoms with E-state index in [1.54, 1.807) is 18.2 Å². The molecule has 0 saturated carbocycles. The number of benzene rings is 1. The standard InChI is InChI=1S/C14H14Cl2N2OS/c1-8(2)12-6-13(19)18-14(17-12)20-7-9-10(15)4-3-5-11(9)16/h3-6,8H,7H2,1-2H3,(H,17,18,19). The predicted molar refractivity (Wildman–Crippen MR) is 85.0 cm³/mol. The van der Waals surface area contributed by atoms with E-state index in [1.807, 2.05) is 13.8 Å². The van der Waals surface area contributed by atoms with Crippen molar-refractivity contribution in [3.63, 3.8) is 0 Å². The van der Waals surface area contributed by atoms with Crippen molar-refractivity contribution in [2.24, 2.45) is 0 Å². The Labute approximate surface area is 131 Å². The summed E-state index contributed by atoms with van der Waals surface area (Å²) in [5.41, 5.74) is 1.48. The Kier molecular flexibility index (Phi) is 5.13. The van der Waals surface area contributed by atoms with Gasteiger partial charge >= 0.3 is 0 Å². The quantitative estimate of drug-likeness (QED) is 0.664. The summed E-state index contributed by atoms with van der Waals surface area (Å²) in [5.74, 6) is 0.767. The zero-order chi connectivity index (χ0) is 14.7. The van der Waals surface area contributed by atoms with Crippen LogP contribution in [0.4, 0.5) is 0 Å². The number of nitrogens with one attached hydrogen (secondary N) is 1. The number of aromatic amines is 1. The Morgan fingerprint density at radius 2 is 1.95 bits per heavy atom. The fourth-order valence-electron chi connectivity index (χ4n) is 1.63. The Morgan fingerprint density at radius 1 is 1.30 bits per heavy atom. The molecule has 3 nitrogen and oxygen atoms in total.